The molecule has 0 radical (unpaired) electrons. The Morgan fingerprint density at radius 2 is 2.05 bits per heavy atom. The Morgan fingerprint density at radius 3 is 2.85 bits per heavy atom. The molecule has 2 rings (SSSR count). The van der Waals surface area contributed by atoms with E-state index in [9.17, 15) is 9.59 Å². The Labute approximate surface area is 121 Å². The maximum Gasteiger partial charge on any atom is 0.222 e. The summed E-state index contributed by atoms with van der Waals surface area (Å²) in [7, 11) is 0. The SMILES string of the molecule is NCCCCCCC(=O)N1CCC2NC(=O)CCC2C1. The normalized spacial score (nSPS) is 26.1. The van der Waals surface area contributed by atoms with Crippen LogP contribution in [0.3, 0.4) is 0 Å². The highest BCUT2D eigenvalue weighted by atomic mass is 16.2. The van der Waals surface area contributed by atoms with Gasteiger partial charge in [0.1, 0.15) is 0 Å². The molecule has 0 saturated carbocycles. The van der Waals surface area contributed by atoms with Crippen LogP contribution in [-0.4, -0.2) is 42.4 Å². The van der Waals surface area contributed by atoms with Crippen LogP contribution in [0.4, 0.5) is 0 Å². The molecule has 114 valence electrons. The average Bonchev–Trinajstić information content (AvgIpc) is 2.46. The summed E-state index contributed by atoms with van der Waals surface area (Å²) in [6.07, 6.45) is 7.36. The monoisotopic (exact) mass is 281 g/mol. The van der Waals surface area contributed by atoms with Crippen LogP contribution in [0.25, 0.3) is 0 Å². The van der Waals surface area contributed by atoms with E-state index in [1.807, 2.05) is 4.90 Å². The number of amides is 2. The molecule has 2 atom stereocenters. The Bertz CT molecular complexity index is 346. The molecule has 5 nitrogen and oxygen atoms in total. The van der Waals surface area contributed by atoms with Crippen LogP contribution in [0.15, 0.2) is 0 Å². The number of nitrogens with one attached hydrogen (secondary N) is 1. The molecule has 2 amide bonds. The van der Waals surface area contributed by atoms with E-state index in [0.717, 1.165) is 58.2 Å². The van der Waals surface area contributed by atoms with Gasteiger partial charge in [0.15, 0.2) is 0 Å². The lowest BCUT2D eigenvalue weighted by molar-refractivity contribution is -0.134. The minimum atomic E-state index is 0.172. The Morgan fingerprint density at radius 1 is 1.25 bits per heavy atom. The van der Waals surface area contributed by atoms with Crippen LogP contribution in [0.1, 0.15) is 51.4 Å². The second-order valence-corrected chi connectivity index (χ2v) is 6.05. The lowest BCUT2D eigenvalue weighted by Crippen LogP contribution is -2.55. The van der Waals surface area contributed by atoms with Gasteiger partial charge in [0.05, 0.1) is 0 Å². The zero-order chi connectivity index (χ0) is 14.4. The first-order valence-electron chi connectivity index (χ1n) is 7.98. The third-order valence-electron chi connectivity index (χ3n) is 4.52. The van der Waals surface area contributed by atoms with Crippen molar-refractivity contribution in [2.24, 2.45) is 11.7 Å². The molecule has 2 fully saturated rings. The van der Waals surface area contributed by atoms with Gasteiger partial charge in [-0.2, -0.15) is 0 Å². The molecule has 0 spiro atoms. The fourth-order valence-electron chi connectivity index (χ4n) is 3.27. The topological polar surface area (TPSA) is 75.4 Å². The Balaban J connectivity index is 1.68. The van der Waals surface area contributed by atoms with Crippen molar-refractivity contribution in [1.82, 2.24) is 10.2 Å². The molecule has 0 aromatic rings. The molecule has 2 aliphatic heterocycles. The van der Waals surface area contributed by atoms with E-state index >= 15 is 0 Å². The van der Waals surface area contributed by atoms with E-state index in [1.54, 1.807) is 0 Å². The number of unbranched alkanes of at least 4 members (excludes halogenated alkanes) is 3. The van der Waals surface area contributed by atoms with Gasteiger partial charge in [0.25, 0.3) is 0 Å². The molecule has 0 aliphatic carbocycles. The molecule has 0 aromatic heterocycles. The largest absolute Gasteiger partial charge is 0.353 e. The molecular formula is C15H27N3O2. The molecule has 2 saturated heterocycles. The number of likely N-dealkylation sites (tertiary alicyclic amines) is 1. The Kier molecular flexibility index (Phi) is 5.83. The summed E-state index contributed by atoms with van der Waals surface area (Å²) in [5.41, 5.74) is 5.45. The van der Waals surface area contributed by atoms with Crippen LogP contribution >= 0.6 is 0 Å². The molecule has 0 aromatic carbocycles. The number of nitrogens with two attached hydrogens (primary N) is 1. The van der Waals surface area contributed by atoms with Crippen molar-refractivity contribution in [3.63, 3.8) is 0 Å². The van der Waals surface area contributed by atoms with Crippen LogP contribution < -0.4 is 11.1 Å². The van der Waals surface area contributed by atoms with E-state index < -0.39 is 0 Å². The van der Waals surface area contributed by atoms with Crippen molar-refractivity contribution in [3.8, 4) is 0 Å². The molecule has 0 bridgehead atoms. The number of fused-ring (bicyclic) bond motifs is 1. The van der Waals surface area contributed by atoms with Crippen molar-refractivity contribution in [2.45, 2.75) is 57.4 Å². The zero-order valence-corrected chi connectivity index (χ0v) is 12.3. The van der Waals surface area contributed by atoms with Gasteiger partial charge in [-0.05, 0) is 38.1 Å². The van der Waals surface area contributed by atoms with Crippen molar-refractivity contribution >= 4 is 11.8 Å². The minimum Gasteiger partial charge on any atom is -0.353 e. The van der Waals surface area contributed by atoms with Gasteiger partial charge in [-0.1, -0.05) is 12.8 Å². The molecule has 2 unspecified atom stereocenters. The highest BCUT2D eigenvalue weighted by Gasteiger charge is 2.34. The number of carbonyl (C=O) groups excluding carboxylic acids is 2. The van der Waals surface area contributed by atoms with Gasteiger partial charge in [-0.3, -0.25) is 9.59 Å². The van der Waals surface area contributed by atoms with Crippen LogP contribution in [-0.2, 0) is 9.59 Å². The number of rotatable bonds is 6. The van der Waals surface area contributed by atoms with E-state index in [4.69, 9.17) is 5.73 Å². The molecule has 2 aliphatic rings. The average molecular weight is 281 g/mol. The van der Waals surface area contributed by atoms with E-state index in [0.29, 0.717) is 24.8 Å². The fourth-order valence-corrected chi connectivity index (χ4v) is 3.27. The summed E-state index contributed by atoms with van der Waals surface area (Å²) in [4.78, 5) is 25.5. The van der Waals surface area contributed by atoms with Crippen LogP contribution in [0, 0.1) is 5.92 Å². The summed E-state index contributed by atoms with van der Waals surface area (Å²) >= 11 is 0. The van der Waals surface area contributed by atoms with Gasteiger partial charge >= 0.3 is 0 Å². The standard InChI is InChI=1S/C15H27N3O2/c16-9-4-2-1-3-5-15(20)18-10-8-13-12(11-18)6-7-14(19)17-13/h12-13H,1-11,16H2,(H,17,19). The number of hydrogen-bond acceptors (Lipinski definition) is 3. The lowest BCUT2D eigenvalue weighted by Gasteiger charge is -2.41. The van der Waals surface area contributed by atoms with Gasteiger partial charge < -0.3 is 16.0 Å². The maximum absolute atomic E-state index is 12.2. The van der Waals surface area contributed by atoms with Gasteiger partial charge in [0, 0.05) is 32.0 Å². The third kappa shape index (κ3) is 4.20. The van der Waals surface area contributed by atoms with Crippen molar-refractivity contribution in [3.05, 3.63) is 0 Å². The maximum atomic E-state index is 12.2. The summed E-state index contributed by atoms with van der Waals surface area (Å²) in [5, 5.41) is 3.06. The number of piperidine rings is 2. The summed E-state index contributed by atoms with van der Waals surface area (Å²) in [6.45, 7) is 2.37. The lowest BCUT2D eigenvalue weighted by atomic mass is 9.85. The second-order valence-electron chi connectivity index (χ2n) is 6.05. The van der Waals surface area contributed by atoms with Gasteiger partial charge in [-0.15, -0.1) is 0 Å². The number of carbonyl (C=O) groups is 2. The summed E-state index contributed by atoms with van der Waals surface area (Å²) < 4.78 is 0. The highest BCUT2D eigenvalue weighted by Crippen LogP contribution is 2.25. The smallest absolute Gasteiger partial charge is 0.222 e. The van der Waals surface area contributed by atoms with E-state index in [-0.39, 0.29) is 11.8 Å². The molecule has 2 heterocycles. The van der Waals surface area contributed by atoms with Crippen molar-refractivity contribution in [1.29, 1.82) is 0 Å². The quantitative estimate of drug-likeness (QED) is 0.714. The minimum absolute atomic E-state index is 0.172. The first-order chi connectivity index (χ1) is 9.70. The zero-order valence-electron chi connectivity index (χ0n) is 12.3. The molecule has 20 heavy (non-hydrogen) atoms. The van der Waals surface area contributed by atoms with E-state index in [2.05, 4.69) is 5.32 Å². The first-order valence-corrected chi connectivity index (χ1v) is 7.98. The number of nitrogens with zero attached hydrogens (tertiary/aromatic N) is 1. The summed E-state index contributed by atoms with van der Waals surface area (Å²) in [5.74, 6) is 0.918. The highest BCUT2D eigenvalue weighted by molar-refractivity contribution is 5.78. The summed E-state index contributed by atoms with van der Waals surface area (Å²) in [6, 6.07) is 0.296. The Hall–Kier alpha value is -1.10. The predicted octanol–water partition coefficient (Wildman–Crippen LogP) is 1.02. The van der Waals surface area contributed by atoms with Crippen molar-refractivity contribution in [2.75, 3.05) is 19.6 Å². The third-order valence-corrected chi connectivity index (χ3v) is 4.52. The van der Waals surface area contributed by atoms with Crippen LogP contribution in [0.2, 0.25) is 0 Å². The molecular weight excluding hydrogens is 254 g/mol. The number of hydrogen-bond donors (Lipinski definition) is 2. The molecule has 3 N–H and O–H groups in total. The first kappa shape index (κ1) is 15.3. The van der Waals surface area contributed by atoms with Crippen molar-refractivity contribution < 1.29 is 9.59 Å². The fraction of sp³-hybridized carbons (Fsp3) is 0.867. The van der Waals surface area contributed by atoms with Gasteiger partial charge in [0.2, 0.25) is 11.8 Å². The second kappa shape index (κ2) is 7.62. The predicted molar refractivity (Wildman–Crippen MR) is 78.0 cm³/mol. The van der Waals surface area contributed by atoms with Crippen LogP contribution in [0.5, 0.6) is 0 Å². The van der Waals surface area contributed by atoms with Gasteiger partial charge in [-0.25, -0.2) is 0 Å². The molecule has 5 heteroatoms. The van der Waals surface area contributed by atoms with E-state index in [1.165, 1.54) is 0 Å².